The van der Waals surface area contributed by atoms with Crippen molar-refractivity contribution >= 4 is 39.7 Å². The highest BCUT2D eigenvalue weighted by molar-refractivity contribution is 7.99. The van der Waals surface area contributed by atoms with Gasteiger partial charge in [0, 0.05) is 25.0 Å². The SMILES string of the molecule is C=CCn1c2ccccc2c2nnc(SCC(=O)N3CCOCC3)nc21. The first kappa shape index (κ1) is 17.0. The maximum atomic E-state index is 12.3. The van der Waals surface area contributed by atoms with Crippen molar-refractivity contribution in [3.63, 3.8) is 0 Å². The summed E-state index contributed by atoms with van der Waals surface area (Å²) >= 11 is 1.32. The Labute approximate surface area is 155 Å². The fourth-order valence-electron chi connectivity index (χ4n) is 3.09. The number of rotatable bonds is 5. The molecule has 1 aromatic carbocycles. The fourth-order valence-corrected chi connectivity index (χ4v) is 3.78. The third-order valence-electron chi connectivity index (χ3n) is 4.35. The number of hydrogen-bond acceptors (Lipinski definition) is 6. The number of aromatic nitrogens is 4. The largest absolute Gasteiger partial charge is 0.378 e. The van der Waals surface area contributed by atoms with Gasteiger partial charge in [-0.25, -0.2) is 4.98 Å². The van der Waals surface area contributed by atoms with Crippen LogP contribution in [0.3, 0.4) is 0 Å². The number of hydrogen-bond donors (Lipinski definition) is 0. The summed E-state index contributed by atoms with van der Waals surface area (Å²) in [6, 6.07) is 8.02. The molecule has 1 saturated heterocycles. The number of thioether (sulfide) groups is 1. The Balaban J connectivity index is 1.60. The molecule has 2 aromatic heterocycles. The summed E-state index contributed by atoms with van der Waals surface area (Å²) in [6.45, 7) is 6.96. The van der Waals surface area contributed by atoms with Crippen molar-refractivity contribution in [2.24, 2.45) is 0 Å². The maximum Gasteiger partial charge on any atom is 0.233 e. The molecule has 3 heterocycles. The molecule has 134 valence electrons. The van der Waals surface area contributed by atoms with Gasteiger partial charge in [0.2, 0.25) is 11.1 Å². The van der Waals surface area contributed by atoms with Crippen LogP contribution >= 0.6 is 11.8 Å². The molecule has 26 heavy (non-hydrogen) atoms. The molecule has 1 aliphatic rings. The average Bonchev–Trinajstić information content (AvgIpc) is 3.00. The number of fused-ring (bicyclic) bond motifs is 3. The molecule has 1 fully saturated rings. The first-order valence-corrected chi connectivity index (χ1v) is 9.47. The van der Waals surface area contributed by atoms with Gasteiger partial charge in [-0.3, -0.25) is 4.79 Å². The minimum atomic E-state index is 0.0774. The van der Waals surface area contributed by atoms with Crippen molar-refractivity contribution in [3.8, 4) is 0 Å². The molecule has 0 radical (unpaired) electrons. The lowest BCUT2D eigenvalue weighted by Crippen LogP contribution is -2.41. The molecule has 8 heteroatoms. The second kappa shape index (κ2) is 7.43. The topological polar surface area (TPSA) is 73.1 Å². The first-order chi connectivity index (χ1) is 12.8. The van der Waals surface area contributed by atoms with Gasteiger partial charge in [-0.05, 0) is 6.07 Å². The second-order valence-electron chi connectivity index (χ2n) is 5.96. The Morgan fingerprint density at radius 1 is 1.27 bits per heavy atom. The number of carbonyl (C=O) groups is 1. The van der Waals surface area contributed by atoms with Crippen molar-refractivity contribution in [2.45, 2.75) is 11.7 Å². The Kier molecular flexibility index (Phi) is 4.85. The van der Waals surface area contributed by atoms with E-state index in [-0.39, 0.29) is 5.91 Å². The summed E-state index contributed by atoms with van der Waals surface area (Å²) in [6.07, 6.45) is 1.84. The zero-order chi connectivity index (χ0) is 17.9. The monoisotopic (exact) mass is 369 g/mol. The van der Waals surface area contributed by atoms with E-state index in [0.717, 1.165) is 22.1 Å². The minimum Gasteiger partial charge on any atom is -0.378 e. The number of morpholine rings is 1. The Morgan fingerprint density at radius 2 is 2.08 bits per heavy atom. The summed E-state index contributed by atoms with van der Waals surface area (Å²) in [5.74, 6) is 0.378. The average molecular weight is 369 g/mol. The lowest BCUT2D eigenvalue weighted by molar-refractivity contribution is -0.132. The second-order valence-corrected chi connectivity index (χ2v) is 6.91. The number of benzene rings is 1. The van der Waals surface area contributed by atoms with Crippen molar-refractivity contribution in [2.75, 3.05) is 32.1 Å². The van der Waals surface area contributed by atoms with Gasteiger partial charge >= 0.3 is 0 Å². The molecule has 4 rings (SSSR count). The van der Waals surface area contributed by atoms with Gasteiger partial charge < -0.3 is 14.2 Å². The summed E-state index contributed by atoms with van der Waals surface area (Å²) < 4.78 is 7.35. The third kappa shape index (κ3) is 3.17. The van der Waals surface area contributed by atoms with Crippen LogP contribution in [0.2, 0.25) is 0 Å². The molecule has 0 aliphatic carbocycles. The maximum absolute atomic E-state index is 12.3. The number of carbonyl (C=O) groups excluding carboxylic acids is 1. The predicted octanol–water partition coefficient (Wildman–Crippen LogP) is 2.12. The van der Waals surface area contributed by atoms with Crippen molar-refractivity contribution in [1.82, 2.24) is 24.6 Å². The van der Waals surface area contributed by atoms with E-state index in [1.54, 1.807) is 0 Å². The molecule has 0 saturated carbocycles. The third-order valence-corrected chi connectivity index (χ3v) is 5.18. The number of amides is 1. The first-order valence-electron chi connectivity index (χ1n) is 8.49. The Hall–Kier alpha value is -2.45. The lowest BCUT2D eigenvalue weighted by atomic mass is 10.2. The lowest BCUT2D eigenvalue weighted by Gasteiger charge is -2.26. The van der Waals surface area contributed by atoms with E-state index >= 15 is 0 Å². The fraction of sp³-hybridized carbons (Fsp3) is 0.333. The molecular formula is C18H19N5O2S. The number of ether oxygens (including phenoxy) is 1. The van der Waals surface area contributed by atoms with Crippen molar-refractivity contribution in [1.29, 1.82) is 0 Å². The zero-order valence-corrected chi connectivity index (χ0v) is 15.1. The number of nitrogens with zero attached hydrogens (tertiary/aromatic N) is 5. The van der Waals surface area contributed by atoms with Crippen LogP contribution < -0.4 is 0 Å². The van der Waals surface area contributed by atoms with E-state index < -0.39 is 0 Å². The molecule has 1 aliphatic heterocycles. The van der Waals surface area contributed by atoms with Gasteiger partial charge in [0.1, 0.15) is 5.52 Å². The van der Waals surface area contributed by atoms with Crippen molar-refractivity contribution < 1.29 is 9.53 Å². The van der Waals surface area contributed by atoms with Crippen LogP contribution in [-0.4, -0.2) is 62.6 Å². The molecule has 1 amide bonds. The highest BCUT2D eigenvalue weighted by Gasteiger charge is 2.18. The van der Waals surface area contributed by atoms with Crippen LogP contribution in [0.4, 0.5) is 0 Å². The Morgan fingerprint density at radius 3 is 2.88 bits per heavy atom. The normalized spacial score (nSPS) is 14.8. The molecule has 0 unspecified atom stereocenters. The number of allylic oxidation sites excluding steroid dienone is 1. The minimum absolute atomic E-state index is 0.0774. The van der Waals surface area contributed by atoms with Gasteiger partial charge in [-0.2, -0.15) is 0 Å². The van der Waals surface area contributed by atoms with Crippen LogP contribution in [-0.2, 0) is 16.1 Å². The molecule has 0 atom stereocenters. The van der Waals surface area contributed by atoms with Gasteiger partial charge in [0.05, 0.1) is 24.5 Å². The molecule has 3 aromatic rings. The van der Waals surface area contributed by atoms with E-state index in [2.05, 4.69) is 26.3 Å². The van der Waals surface area contributed by atoms with Gasteiger partial charge in [-0.1, -0.05) is 36.0 Å². The van der Waals surface area contributed by atoms with Gasteiger partial charge in [-0.15, -0.1) is 16.8 Å². The Bertz CT molecular complexity index is 965. The van der Waals surface area contributed by atoms with Crippen LogP contribution in [0, 0.1) is 0 Å². The van der Waals surface area contributed by atoms with E-state index in [1.807, 2.05) is 35.2 Å². The van der Waals surface area contributed by atoms with E-state index in [4.69, 9.17) is 4.74 Å². The van der Waals surface area contributed by atoms with Crippen molar-refractivity contribution in [3.05, 3.63) is 36.9 Å². The highest BCUT2D eigenvalue weighted by atomic mass is 32.2. The standard InChI is InChI=1S/C18H19N5O2S/c1-2-7-23-14-6-4-3-5-13(14)16-17(23)19-18(21-20-16)26-12-15(24)22-8-10-25-11-9-22/h2-6H,1,7-12H2. The van der Waals surface area contributed by atoms with E-state index in [9.17, 15) is 4.79 Å². The van der Waals surface area contributed by atoms with Gasteiger partial charge in [0.15, 0.2) is 5.65 Å². The summed E-state index contributed by atoms with van der Waals surface area (Å²) in [5, 5.41) is 10.1. The molecular weight excluding hydrogens is 350 g/mol. The van der Waals surface area contributed by atoms with Crippen LogP contribution in [0.15, 0.2) is 42.1 Å². The van der Waals surface area contributed by atoms with E-state index in [1.165, 1.54) is 11.8 Å². The molecule has 0 bridgehead atoms. The van der Waals surface area contributed by atoms with E-state index in [0.29, 0.717) is 43.8 Å². The molecule has 0 N–H and O–H groups in total. The highest BCUT2D eigenvalue weighted by Crippen LogP contribution is 2.27. The molecule has 0 spiro atoms. The predicted molar refractivity (Wildman–Crippen MR) is 101 cm³/mol. The van der Waals surface area contributed by atoms with Crippen LogP contribution in [0.25, 0.3) is 22.1 Å². The molecule has 7 nitrogen and oxygen atoms in total. The quantitative estimate of drug-likeness (QED) is 0.507. The zero-order valence-electron chi connectivity index (χ0n) is 14.3. The van der Waals surface area contributed by atoms with Gasteiger partial charge in [0.25, 0.3) is 0 Å². The summed E-state index contributed by atoms with van der Waals surface area (Å²) in [7, 11) is 0. The smallest absolute Gasteiger partial charge is 0.233 e. The van der Waals surface area contributed by atoms with Crippen LogP contribution in [0.1, 0.15) is 0 Å². The summed E-state index contributed by atoms with van der Waals surface area (Å²) in [5.41, 5.74) is 2.59. The number of para-hydroxylation sites is 1. The van der Waals surface area contributed by atoms with Crippen LogP contribution in [0.5, 0.6) is 0 Å². The summed E-state index contributed by atoms with van der Waals surface area (Å²) in [4.78, 5) is 18.8.